The third kappa shape index (κ3) is 3.42. The lowest BCUT2D eigenvalue weighted by molar-refractivity contribution is 0.468. The molecule has 1 atom stereocenters. The fraction of sp³-hybridized carbons (Fsp3) is 0.533. The first-order valence-corrected chi connectivity index (χ1v) is 7.16. The zero-order valence-corrected chi connectivity index (χ0v) is 12.7. The second kappa shape index (κ2) is 6.61. The quantitative estimate of drug-likeness (QED) is 0.878. The van der Waals surface area contributed by atoms with Gasteiger partial charge < -0.3 is 5.32 Å². The normalized spacial score (nSPS) is 12.8. The summed E-state index contributed by atoms with van der Waals surface area (Å²) in [6, 6.07) is 4.76. The van der Waals surface area contributed by atoms with Crippen molar-refractivity contribution < 1.29 is 0 Å². The van der Waals surface area contributed by atoms with E-state index in [0.29, 0.717) is 6.04 Å². The molecule has 0 aliphatic heterocycles. The van der Waals surface area contributed by atoms with E-state index in [-0.39, 0.29) is 6.04 Å². The van der Waals surface area contributed by atoms with Gasteiger partial charge in [0.25, 0.3) is 0 Å². The predicted octanol–water partition coefficient (Wildman–Crippen LogP) is 2.46. The van der Waals surface area contributed by atoms with Gasteiger partial charge in [0.15, 0.2) is 0 Å². The Hall–Kier alpha value is -1.75. The minimum atomic E-state index is 0.239. The molecule has 2 aromatic heterocycles. The number of likely N-dealkylation sites (N-methyl/N-ethyl adjacent to an activating group) is 1. The number of pyridine rings is 1. The van der Waals surface area contributed by atoms with Crippen molar-refractivity contribution >= 4 is 0 Å². The van der Waals surface area contributed by atoms with Crippen LogP contribution in [0.2, 0.25) is 0 Å². The maximum Gasteiger partial charge on any atom is 0.138 e. The number of aromatic nitrogens is 4. The monoisotopic (exact) mass is 273 g/mol. The second-order valence-electron chi connectivity index (χ2n) is 5.26. The molecule has 0 radical (unpaired) electrons. The summed E-state index contributed by atoms with van der Waals surface area (Å²) < 4.78 is 1.98. The molecule has 0 spiro atoms. The van der Waals surface area contributed by atoms with Crippen LogP contribution in [0, 0.1) is 6.92 Å². The summed E-state index contributed by atoms with van der Waals surface area (Å²) in [6.45, 7) is 9.30. The molecule has 108 valence electrons. The molecular weight excluding hydrogens is 250 g/mol. The first-order chi connectivity index (χ1) is 9.61. The van der Waals surface area contributed by atoms with E-state index < -0.39 is 0 Å². The number of nitrogens with one attached hydrogen (secondary N) is 1. The maximum atomic E-state index is 4.40. The fourth-order valence-corrected chi connectivity index (χ4v) is 2.37. The van der Waals surface area contributed by atoms with E-state index in [2.05, 4.69) is 53.3 Å². The van der Waals surface area contributed by atoms with E-state index in [1.807, 2.05) is 17.8 Å². The average molecular weight is 273 g/mol. The Morgan fingerprint density at radius 2 is 2.10 bits per heavy atom. The largest absolute Gasteiger partial charge is 0.310 e. The van der Waals surface area contributed by atoms with E-state index in [1.54, 1.807) is 6.33 Å². The molecule has 0 saturated carbocycles. The Labute approximate surface area is 120 Å². The van der Waals surface area contributed by atoms with Gasteiger partial charge in [0, 0.05) is 30.4 Å². The number of hydrogen-bond donors (Lipinski definition) is 1. The Balaban J connectivity index is 2.23. The van der Waals surface area contributed by atoms with Crippen molar-refractivity contribution in [1.82, 2.24) is 25.1 Å². The molecule has 0 aliphatic carbocycles. The summed E-state index contributed by atoms with van der Waals surface area (Å²) in [5.41, 5.74) is 2.29. The number of aryl methyl sites for hydroxylation is 1. The van der Waals surface area contributed by atoms with Crippen molar-refractivity contribution in [3.05, 3.63) is 41.7 Å². The van der Waals surface area contributed by atoms with Gasteiger partial charge in [-0.1, -0.05) is 6.92 Å². The highest BCUT2D eigenvalue weighted by Crippen LogP contribution is 2.19. The maximum absolute atomic E-state index is 4.40. The number of hydrogen-bond acceptors (Lipinski definition) is 4. The Morgan fingerprint density at radius 3 is 2.75 bits per heavy atom. The Morgan fingerprint density at radius 1 is 1.30 bits per heavy atom. The van der Waals surface area contributed by atoms with Crippen LogP contribution in [-0.2, 0) is 6.42 Å². The Bertz CT molecular complexity index is 547. The lowest BCUT2D eigenvalue weighted by atomic mass is 10.0. The molecule has 1 N–H and O–H groups in total. The van der Waals surface area contributed by atoms with E-state index in [0.717, 1.165) is 24.5 Å². The molecular formula is C15H23N5. The minimum absolute atomic E-state index is 0.239. The van der Waals surface area contributed by atoms with Gasteiger partial charge in [-0.15, -0.1) is 0 Å². The first kappa shape index (κ1) is 14.7. The predicted molar refractivity (Wildman–Crippen MR) is 79.5 cm³/mol. The van der Waals surface area contributed by atoms with E-state index in [4.69, 9.17) is 0 Å². The van der Waals surface area contributed by atoms with Crippen LogP contribution in [0.5, 0.6) is 0 Å². The van der Waals surface area contributed by atoms with Crippen LogP contribution in [0.4, 0.5) is 0 Å². The lowest BCUT2D eigenvalue weighted by Crippen LogP contribution is -2.25. The van der Waals surface area contributed by atoms with Crippen molar-refractivity contribution in [2.24, 2.45) is 0 Å². The molecule has 1 unspecified atom stereocenters. The summed E-state index contributed by atoms with van der Waals surface area (Å²) >= 11 is 0. The van der Waals surface area contributed by atoms with Gasteiger partial charge in [-0.05, 0) is 45.0 Å². The number of nitrogens with zero attached hydrogens (tertiary/aromatic N) is 4. The molecule has 20 heavy (non-hydrogen) atoms. The summed E-state index contributed by atoms with van der Waals surface area (Å²) in [6.07, 6.45) is 4.33. The van der Waals surface area contributed by atoms with Gasteiger partial charge in [-0.3, -0.25) is 4.98 Å². The van der Waals surface area contributed by atoms with E-state index >= 15 is 0 Å². The van der Waals surface area contributed by atoms with Crippen LogP contribution >= 0.6 is 0 Å². The number of rotatable bonds is 6. The molecule has 2 heterocycles. The molecule has 0 fully saturated rings. The van der Waals surface area contributed by atoms with Gasteiger partial charge >= 0.3 is 0 Å². The molecule has 0 aliphatic rings. The molecule has 0 amide bonds. The van der Waals surface area contributed by atoms with Crippen molar-refractivity contribution in [2.45, 2.75) is 46.2 Å². The van der Waals surface area contributed by atoms with Crippen LogP contribution in [0.25, 0.3) is 0 Å². The molecule has 0 saturated heterocycles. The third-order valence-electron chi connectivity index (χ3n) is 3.30. The summed E-state index contributed by atoms with van der Waals surface area (Å²) in [7, 11) is 0. The molecule has 5 heteroatoms. The van der Waals surface area contributed by atoms with E-state index in [9.17, 15) is 0 Å². The van der Waals surface area contributed by atoms with Gasteiger partial charge in [0.1, 0.15) is 12.2 Å². The van der Waals surface area contributed by atoms with Gasteiger partial charge in [0.05, 0.1) is 0 Å². The highest BCUT2D eigenvalue weighted by molar-refractivity contribution is 5.20. The zero-order valence-electron chi connectivity index (χ0n) is 12.7. The zero-order chi connectivity index (χ0) is 14.5. The molecule has 0 aromatic carbocycles. The molecule has 2 rings (SSSR count). The van der Waals surface area contributed by atoms with Crippen LogP contribution in [0.1, 0.15) is 49.9 Å². The van der Waals surface area contributed by atoms with Crippen molar-refractivity contribution in [1.29, 1.82) is 0 Å². The summed E-state index contributed by atoms with van der Waals surface area (Å²) in [5, 5.41) is 7.83. The van der Waals surface area contributed by atoms with Crippen LogP contribution in [0.15, 0.2) is 24.7 Å². The van der Waals surface area contributed by atoms with Crippen molar-refractivity contribution in [3.8, 4) is 0 Å². The first-order valence-electron chi connectivity index (χ1n) is 7.16. The van der Waals surface area contributed by atoms with Gasteiger partial charge in [-0.2, -0.15) is 5.10 Å². The van der Waals surface area contributed by atoms with Crippen molar-refractivity contribution in [2.75, 3.05) is 6.54 Å². The average Bonchev–Trinajstić information content (AvgIpc) is 2.86. The summed E-state index contributed by atoms with van der Waals surface area (Å²) in [5.74, 6) is 1.01. The highest BCUT2D eigenvalue weighted by atomic mass is 15.3. The van der Waals surface area contributed by atoms with Crippen LogP contribution < -0.4 is 5.32 Å². The summed E-state index contributed by atoms with van der Waals surface area (Å²) in [4.78, 5) is 8.67. The fourth-order valence-electron chi connectivity index (χ4n) is 2.37. The van der Waals surface area contributed by atoms with Gasteiger partial charge in [0.2, 0.25) is 0 Å². The Kier molecular flexibility index (Phi) is 4.84. The molecule has 0 bridgehead atoms. The SMILES string of the molecule is CCNC(Cc1ncnn1C(C)C)c1ccnc(C)c1. The van der Waals surface area contributed by atoms with E-state index in [1.165, 1.54) is 5.56 Å². The smallest absolute Gasteiger partial charge is 0.138 e. The molecule has 5 nitrogen and oxygen atoms in total. The second-order valence-corrected chi connectivity index (χ2v) is 5.26. The topological polar surface area (TPSA) is 55.6 Å². The van der Waals surface area contributed by atoms with Crippen LogP contribution in [0.3, 0.4) is 0 Å². The standard InChI is InChI=1S/C15H23N5/c1-5-16-14(13-6-7-17-12(4)8-13)9-15-18-10-19-20(15)11(2)3/h6-8,10-11,14,16H,5,9H2,1-4H3. The van der Waals surface area contributed by atoms with Gasteiger partial charge in [-0.25, -0.2) is 9.67 Å². The minimum Gasteiger partial charge on any atom is -0.310 e. The molecule has 2 aromatic rings. The highest BCUT2D eigenvalue weighted by Gasteiger charge is 2.16. The van der Waals surface area contributed by atoms with Crippen molar-refractivity contribution in [3.63, 3.8) is 0 Å². The van der Waals surface area contributed by atoms with Crippen LogP contribution in [-0.4, -0.2) is 26.3 Å². The third-order valence-corrected chi connectivity index (χ3v) is 3.30. The lowest BCUT2D eigenvalue weighted by Gasteiger charge is -2.19.